The Bertz CT molecular complexity index is 794. The summed E-state index contributed by atoms with van der Waals surface area (Å²) in [4.78, 5) is 26.6. The molecule has 2 aromatic rings. The lowest BCUT2D eigenvalue weighted by molar-refractivity contribution is -0.117. The number of nitrogens with zero attached hydrogens (tertiary/aromatic N) is 4. The third-order valence-corrected chi connectivity index (χ3v) is 4.30. The van der Waals surface area contributed by atoms with Crippen LogP contribution in [0, 0.1) is 6.92 Å². The minimum atomic E-state index is -0.270. The molecule has 8 heteroatoms. The average Bonchev–Trinajstić information content (AvgIpc) is 2.93. The lowest BCUT2D eigenvalue weighted by Crippen LogP contribution is -2.40. The van der Waals surface area contributed by atoms with Gasteiger partial charge < -0.3 is 15.5 Å². The highest BCUT2D eigenvalue weighted by Crippen LogP contribution is 2.30. The van der Waals surface area contributed by atoms with Gasteiger partial charge in [0.2, 0.25) is 5.91 Å². The van der Waals surface area contributed by atoms with Gasteiger partial charge in [0.25, 0.3) is 5.91 Å². The molecule has 0 saturated heterocycles. The Morgan fingerprint density at radius 2 is 2.12 bits per heavy atom. The van der Waals surface area contributed by atoms with Gasteiger partial charge in [-0.05, 0) is 44.5 Å². The molecule has 132 valence electrons. The molecule has 0 unspecified atom stereocenters. The number of fused-ring (bicyclic) bond motifs is 1. The molecule has 2 N–H and O–H groups in total. The molecule has 25 heavy (non-hydrogen) atoms. The zero-order chi connectivity index (χ0) is 18.0. The van der Waals surface area contributed by atoms with Gasteiger partial charge in [-0.1, -0.05) is 11.3 Å². The number of amides is 2. The molecule has 0 aliphatic carbocycles. The number of hydrogen-bond donors (Lipinski definition) is 2. The number of carbonyl (C=O) groups excluding carboxylic acids is 2. The molecule has 0 atom stereocenters. The predicted molar refractivity (Wildman–Crippen MR) is 94.7 cm³/mol. The zero-order valence-corrected chi connectivity index (χ0v) is 14.7. The fourth-order valence-corrected chi connectivity index (χ4v) is 3.12. The average molecular weight is 342 g/mol. The topological polar surface area (TPSA) is 92.2 Å². The molecule has 1 aliphatic heterocycles. The lowest BCUT2D eigenvalue weighted by atomic mass is 10.0. The maximum atomic E-state index is 12.5. The molecular weight excluding hydrogens is 320 g/mol. The highest BCUT2D eigenvalue weighted by atomic mass is 16.2. The summed E-state index contributed by atoms with van der Waals surface area (Å²) in [7, 11) is 3.43. The Balaban J connectivity index is 1.86. The van der Waals surface area contributed by atoms with Gasteiger partial charge in [-0.3, -0.25) is 9.59 Å². The summed E-state index contributed by atoms with van der Waals surface area (Å²) in [5.41, 5.74) is 3.62. The fraction of sp³-hybridized carbons (Fsp3) is 0.412. The largest absolute Gasteiger partial charge is 0.321 e. The molecule has 0 bridgehead atoms. The maximum Gasteiger partial charge on any atom is 0.275 e. The van der Waals surface area contributed by atoms with E-state index in [1.165, 1.54) is 4.68 Å². The van der Waals surface area contributed by atoms with Crippen molar-refractivity contribution in [3.63, 3.8) is 0 Å². The van der Waals surface area contributed by atoms with Crippen molar-refractivity contribution in [3.8, 4) is 0 Å². The molecule has 1 aromatic carbocycles. The summed E-state index contributed by atoms with van der Waals surface area (Å²) < 4.78 is 1.45. The van der Waals surface area contributed by atoms with Gasteiger partial charge in [0.15, 0.2) is 0 Å². The quantitative estimate of drug-likeness (QED) is 0.860. The van der Waals surface area contributed by atoms with E-state index < -0.39 is 0 Å². The Hall–Kier alpha value is -2.74. The van der Waals surface area contributed by atoms with Gasteiger partial charge in [-0.15, -0.1) is 5.10 Å². The van der Waals surface area contributed by atoms with Crippen molar-refractivity contribution in [2.45, 2.75) is 19.8 Å². The smallest absolute Gasteiger partial charge is 0.275 e. The number of likely N-dealkylation sites (N-methyl/N-ethyl adjacent to an activating group) is 1. The van der Waals surface area contributed by atoms with Crippen LogP contribution in [0.1, 0.15) is 28.2 Å². The number of carbonyl (C=O) groups is 2. The van der Waals surface area contributed by atoms with E-state index in [-0.39, 0.29) is 18.4 Å². The SMILES string of the molecule is CNCC(=O)N1CCCc2ccc(NC(=O)c3c(C)nnn3C)cc21. The van der Waals surface area contributed by atoms with Crippen LogP contribution in [0.25, 0.3) is 0 Å². The zero-order valence-electron chi connectivity index (χ0n) is 14.7. The molecular formula is C17H22N6O2. The van der Waals surface area contributed by atoms with Crippen molar-refractivity contribution in [3.05, 3.63) is 35.2 Å². The van der Waals surface area contributed by atoms with Gasteiger partial charge in [0.05, 0.1) is 12.2 Å². The number of nitrogens with one attached hydrogen (secondary N) is 2. The number of rotatable bonds is 4. The van der Waals surface area contributed by atoms with E-state index in [9.17, 15) is 9.59 Å². The van der Waals surface area contributed by atoms with Gasteiger partial charge in [0.1, 0.15) is 5.69 Å². The molecule has 3 rings (SSSR count). The van der Waals surface area contributed by atoms with Crippen LogP contribution >= 0.6 is 0 Å². The van der Waals surface area contributed by atoms with E-state index in [1.54, 1.807) is 25.9 Å². The predicted octanol–water partition coefficient (Wildman–Crippen LogP) is 0.874. The van der Waals surface area contributed by atoms with Gasteiger partial charge >= 0.3 is 0 Å². The highest BCUT2D eigenvalue weighted by molar-refractivity contribution is 6.04. The van der Waals surface area contributed by atoms with Gasteiger partial charge in [-0.25, -0.2) is 4.68 Å². The molecule has 2 amide bonds. The molecule has 2 heterocycles. The Morgan fingerprint density at radius 1 is 1.32 bits per heavy atom. The van der Waals surface area contributed by atoms with E-state index in [0.29, 0.717) is 23.6 Å². The third kappa shape index (κ3) is 3.39. The molecule has 0 radical (unpaired) electrons. The Morgan fingerprint density at radius 3 is 2.80 bits per heavy atom. The van der Waals surface area contributed by atoms with Crippen molar-refractivity contribution >= 4 is 23.2 Å². The minimum absolute atomic E-state index is 0.0265. The van der Waals surface area contributed by atoms with Crippen LogP contribution in [-0.2, 0) is 18.3 Å². The van der Waals surface area contributed by atoms with Crippen molar-refractivity contribution in [1.82, 2.24) is 20.3 Å². The van der Waals surface area contributed by atoms with Crippen LogP contribution in [0.3, 0.4) is 0 Å². The summed E-state index contributed by atoms with van der Waals surface area (Å²) in [6.45, 7) is 2.72. The van der Waals surface area contributed by atoms with Crippen molar-refractivity contribution in [1.29, 1.82) is 0 Å². The maximum absolute atomic E-state index is 12.5. The van der Waals surface area contributed by atoms with Crippen molar-refractivity contribution < 1.29 is 9.59 Å². The number of aryl methyl sites for hydroxylation is 3. The molecule has 0 fully saturated rings. The third-order valence-electron chi connectivity index (χ3n) is 4.30. The first-order valence-corrected chi connectivity index (χ1v) is 8.26. The van der Waals surface area contributed by atoms with E-state index in [4.69, 9.17) is 0 Å². The molecule has 0 saturated carbocycles. The molecule has 0 spiro atoms. The Labute approximate surface area is 146 Å². The minimum Gasteiger partial charge on any atom is -0.321 e. The monoisotopic (exact) mass is 342 g/mol. The van der Waals surface area contributed by atoms with Crippen LogP contribution in [0.5, 0.6) is 0 Å². The Kier molecular flexibility index (Phi) is 4.80. The van der Waals surface area contributed by atoms with Crippen LogP contribution in [0.2, 0.25) is 0 Å². The number of benzene rings is 1. The van der Waals surface area contributed by atoms with E-state index in [0.717, 1.165) is 24.1 Å². The number of anilines is 2. The summed E-state index contributed by atoms with van der Waals surface area (Å²) in [5, 5.41) is 13.5. The van der Waals surface area contributed by atoms with Crippen molar-refractivity contribution in [2.75, 3.05) is 30.4 Å². The molecule has 8 nitrogen and oxygen atoms in total. The van der Waals surface area contributed by atoms with Crippen molar-refractivity contribution in [2.24, 2.45) is 7.05 Å². The molecule has 1 aromatic heterocycles. The van der Waals surface area contributed by atoms with Crippen LogP contribution in [-0.4, -0.2) is 46.9 Å². The van der Waals surface area contributed by atoms with Crippen LogP contribution in [0.4, 0.5) is 11.4 Å². The number of aromatic nitrogens is 3. The summed E-state index contributed by atoms with van der Waals surface area (Å²) in [6.07, 6.45) is 1.87. The lowest BCUT2D eigenvalue weighted by Gasteiger charge is -2.30. The first kappa shape index (κ1) is 17.1. The van der Waals surface area contributed by atoms with E-state index in [1.807, 2.05) is 18.2 Å². The molecule has 1 aliphatic rings. The standard InChI is InChI=1S/C17H22N6O2/c1-11-16(22(3)21-20-11)17(25)19-13-7-6-12-5-4-8-23(14(12)9-13)15(24)10-18-2/h6-7,9,18H,4-5,8,10H2,1-3H3,(H,19,25). The second kappa shape index (κ2) is 7.02. The van der Waals surface area contributed by atoms with E-state index in [2.05, 4.69) is 20.9 Å². The van der Waals surface area contributed by atoms with Gasteiger partial charge in [0, 0.05) is 25.0 Å². The van der Waals surface area contributed by atoms with Crippen LogP contribution in [0.15, 0.2) is 18.2 Å². The van der Waals surface area contributed by atoms with Crippen LogP contribution < -0.4 is 15.5 Å². The normalized spacial score (nSPS) is 13.5. The second-order valence-electron chi connectivity index (χ2n) is 6.12. The van der Waals surface area contributed by atoms with E-state index >= 15 is 0 Å². The first-order chi connectivity index (χ1) is 12.0. The summed E-state index contributed by atoms with van der Waals surface area (Å²) in [5.74, 6) is -0.243. The second-order valence-corrected chi connectivity index (χ2v) is 6.12. The summed E-state index contributed by atoms with van der Waals surface area (Å²) >= 11 is 0. The fourth-order valence-electron chi connectivity index (χ4n) is 3.12. The van der Waals surface area contributed by atoms with Gasteiger partial charge in [-0.2, -0.15) is 0 Å². The highest BCUT2D eigenvalue weighted by Gasteiger charge is 2.23. The summed E-state index contributed by atoms with van der Waals surface area (Å²) in [6, 6.07) is 5.69. The first-order valence-electron chi connectivity index (χ1n) is 8.26. The number of hydrogen-bond acceptors (Lipinski definition) is 5.